The highest BCUT2D eigenvalue weighted by Crippen LogP contribution is 2.34. The average Bonchev–Trinajstić information content (AvgIpc) is 3.36. The van der Waals surface area contributed by atoms with Crippen molar-refractivity contribution < 1.29 is 9.53 Å². The Hall–Kier alpha value is -3.16. The Bertz CT molecular complexity index is 1070. The summed E-state index contributed by atoms with van der Waals surface area (Å²) >= 11 is 0. The van der Waals surface area contributed by atoms with E-state index in [4.69, 9.17) is 9.84 Å². The number of benzene rings is 1. The first-order valence-corrected chi connectivity index (χ1v) is 10.0. The number of hydrogen-bond acceptors (Lipinski definition) is 5. The second kappa shape index (κ2) is 7.02. The van der Waals surface area contributed by atoms with E-state index in [0.717, 1.165) is 41.7 Å². The molecule has 1 amide bonds. The molecular weight excluding hydrogens is 368 g/mol. The number of carbonyl (C=O) groups excluding carboxylic acids is 1. The molecular formula is C21H24N6O2. The molecule has 5 rings (SSSR count). The van der Waals surface area contributed by atoms with Gasteiger partial charge in [-0.25, -0.2) is 0 Å². The molecule has 8 heteroatoms. The Morgan fingerprint density at radius 3 is 2.97 bits per heavy atom. The van der Waals surface area contributed by atoms with Crippen LogP contribution in [-0.2, 0) is 26.6 Å². The van der Waals surface area contributed by atoms with Crippen LogP contribution in [0.2, 0.25) is 0 Å². The smallest absolute Gasteiger partial charge is 0.254 e. The van der Waals surface area contributed by atoms with Gasteiger partial charge in [-0.05, 0) is 37.0 Å². The second-order valence-corrected chi connectivity index (χ2v) is 7.86. The molecule has 0 radical (unpaired) electrons. The molecule has 8 nitrogen and oxygen atoms in total. The summed E-state index contributed by atoms with van der Waals surface area (Å²) in [5.74, 6) is 2.20. The van der Waals surface area contributed by atoms with Crippen molar-refractivity contribution >= 4 is 5.91 Å². The second-order valence-electron chi connectivity index (χ2n) is 7.86. The fourth-order valence-electron chi connectivity index (χ4n) is 4.03. The quantitative estimate of drug-likeness (QED) is 0.666. The molecule has 3 heterocycles. The van der Waals surface area contributed by atoms with Crippen molar-refractivity contribution in [1.82, 2.24) is 29.4 Å². The number of rotatable bonds is 5. The molecule has 1 saturated carbocycles. The number of aromatic nitrogens is 5. The van der Waals surface area contributed by atoms with E-state index in [9.17, 15) is 4.79 Å². The van der Waals surface area contributed by atoms with E-state index in [0.29, 0.717) is 24.4 Å². The number of ether oxygens (including phenoxy) is 1. The van der Waals surface area contributed by atoms with Gasteiger partial charge >= 0.3 is 0 Å². The Morgan fingerprint density at radius 1 is 1.31 bits per heavy atom. The maximum atomic E-state index is 13.1. The largest absolute Gasteiger partial charge is 0.497 e. The highest BCUT2D eigenvalue weighted by atomic mass is 16.5. The summed E-state index contributed by atoms with van der Waals surface area (Å²) in [5.41, 5.74) is 3.70. The van der Waals surface area contributed by atoms with Crippen molar-refractivity contribution in [2.75, 3.05) is 13.7 Å². The van der Waals surface area contributed by atoms with Gasteiger partial charge in [0.2, 0.25) is 0 Å². The third kappa shape index (κ3) is 3.28. The number of amides is 1. The number of hydrogen-bond donors (Lipinski definition) is 0. The lowest BCUT2D eigenvalue weighted by Gasteiger charge is -2.28. The Kier molecular flexibility index (Phi) is 4.34. The molecule has 3 aromatic rings. The highest BCUT2D eigenvalue weighted by molar-refractivity contribution is 5.94. The monoisotopic (exact) mass is 392 g/mol. The summed E-state index contributed by atoms with van der Waals surface area (Å²) in [6, 6.07) is 7.30. The van der Waals surface area contributed by atoms with Gasteiger partial charge in [0, 0.05) is 43.4 Å². The van der Waals surface area contributed by atoms with Crippen LogP contribution in [0, 0.1) is 5.92 Å². The molecule has 150 valence electrons. The van der Waals surface area contributed by atoms with Crippen molar-refractivity contribution in [1.29, 1.82) is 0 Å². The molecule has 0 bridgehead atoms. The third-order valence-electron chi connectivity index (χ3n) is 5.83. The van der Waals surface area contributed by atoms with Crippen molar-refractivity contribution in [2.24, 2.45) is 13.0 Å². The van der Waals surface area contributed by atoms with Crippen molar-refractivity contribution in [2.45, 2.75) is 32.4 Å². The minimum atomic E-state index is 0.00352. The van der Waals surface area contributed by atoms with Gasteiger partial charge in [0.1, 0.15) is 17.8 Å². The van der Waals surface area contributed by atoms with Gasteiger partial charge in [0.15, 0.2) is 5.82 Å². The maximum Gasteiger partial charge on any atom is 0.254 e. The summed E-state index contributed by atoms with van der Waals surface area (Å²) in [5, 5.41) is 13.2. The molecule has 1 fully saturated rings. The summed E-state index contributed by atoms with van der Waals surface area (Å²) in [7, 11) is 3.57. The molecule has 2 aliphatic rings. The Balaban J connectivity index is 1.45. The highest BCUT2D eigenvalue weighted by Gasteiger charge is 2.30. The molecule has 0 atom stereocenters. The van der Waals surface area contributed by atoms with E-state index in [1.54, 1.807) is 19.5 Å². The molecule has 0 N–H and O–H groups in total. The van der Waals surface area contributed by atoms with Gasteiger partial charge in [-0.3, -0.25) is 9.48 Å². The van der Waals surface area contributed by atoms with Crippen LogP contribution in [0.3, 0.4) is 0 Å². The minimum Gasteiger partial charge on any atom is -0.497 e. The van der Waals surface area contributed by atoms with Crippen LogP contribution in [0.25, 0.3) is 11.5 Å². The van der Waals surface area contributed by atoms with Crippen LogP contribution in [0.1, 0.15) is 34.5 Å². The molecule has 29 heavy (non-hydrogen) atoms. The first-order valence-electron chi connectivity index (χ1n) is 10.0. The average molecular weight is 392 g/mol. The van der Waals surface area contributed by atoms with Gasteiger partial charge in [-0.1, -0.05) is 6.07 Å². The van der Waals surface area contributed by atoms with Crippen LogP contribution in [0.15, 0.2) is 30.6 Å². The van der Waals surface area contributed by atoms with Crippen molar-refractivity contribution in [3.05, 3.63) is 47.4 Å². The summed E-state index contributed by atoms with van der Waals surface area (Å²) in [6.07, 6.45) is 5.09. The van der Waals surface area contributed by atoms with E-state index in [-0.39, 0.29) is 5.91 Å². The molecule has 0 spiro atoms. The maximum absolute atomic E-state index is 13.1. The fraction of sp³-hybridized carbons (Fsp3) is 0.429. The normalized spacial score (nSPS) is 16.0. The van der Waals surface area contributed by atoms with Crippen LogP contribution in [-0.4, -0.2) is 49.0 Å². The molecule has 1 aliphatic carbocycles. The molecule has 0 unspecified atom stereocenters. The van der Waals surface area contributed by atoms with Gasteiger partial charge in [-0.2, -0.15) is 5.10 Å². The van der Waals surface area contributed by atoms with E-state index in [1.165, 1.54) is 12.8 Å². The van der Waals surface area contributed by atoms with Gasteiger partial charge < -0.3 is 14.2 Å². The van der Waals surface area contributed by atoms with Gasteiger partial charge in [-0.15, -0.1) is 10.2 Å². The number of carbonyl (C=O) groups is 1. The van der Waals surface area contributed by atoms with Crippen LogP contribution in [0.4, 0.5) is 0 Å². The van der Waals surface area contributed by atoms with E-state index in [1.807, 2.05) is 34.8 Å². The fourth-order valence-corrected chi connectivity index (χ4v) is 4.03. The standard InChI is InChI=1S/C21H24N6O2/c1-25-18-8-9-26(21(28)15-4-3-5-16(10-15)29-2)12-17(18)19(24-25)20-23-22-13-27(20)11-14-6-7-14/h3-5,10,13-14H,6-9,11-12H2,1-2H3. The molecule has 2 aromatic heterocycles. The summed E-state index contributed by atoms with van der Waals surface area (Å²) in [6.45, 7) is 2.11. The zero-order chi connectivity index (χ0) is 20.0. The molecule has 1 aromatic carbocycles. The number of nitrogens with zero attached hydrogens (tertiary/aromatic N) is 6. The van der Waals surface area contributed by atoms with Gasteiger partial charge in [0.05, 0.1) is 13.7 Å². The zero-order valence-electron chi connectivity index (χ0n) is 16.7. The molecule has 1 aliphatic heterocycles. The van der Waals surface area contributed by atoms with E-state index in [2.05, 4.69) is 14.8 Å². The number of fused-ring (bicyclic) bond motifs is 1. The molecule has 0 saturated heterocycles. The number of methoxy groups -OCH3 is 1. The van der Waals surface area contributed by atoms with Crippen molar-refractivity contribution in [3.8, 4) is 17.3 Å². The van der Waals surface area contributed by atoms with Crippen LogP contribution >= 0.6 is 0 Å². The van der Waals surface area contributed by atoms with E-state index >= 15 is 0 Å². The predicted molar refractivity (Wildman–Crippen MR) is 106 cm³/mol. The lowest BCUT2D eigenvalue weighted by Crippen LogP contribution is -2.36. The first kappa shape index (κ1) is 17.9. The lowest BCUT2D eigenvalue weighted by atomic mass is 10.0. The Morgan fingerprint density at radius 2 is 2.17 bits per heavy atom. The van der Waals surface area contributed by atoms with Gasteiger partial charge in [0.25, 0.3) is 5.91 Å². The lowest BCUT2D eigenvalue weighted by molar-refractivity contribution is 0.0733. The van der Waals surface area contributed by atoms with E-state index < -0.39 is 0 Å². The third-order valence-corrected chi connectivity index (χ3v) is 5.83. The topological polar surface area (TPSA) is 78.1 Å². The van der Waals surface area contributed by atoms with Crippen LogP contribution < -0.4 is 4.74 Å². The first-order chi connectivity index (χ1) is 14.1. The SMILES string of the molecule is COc1cccc(C(=O)N2CCc3c(c(-c4nncn4CC4CC4)nn3C)C2)c1. The zero-order valence-corrected chi connectivity index (χ0v) is 16.7. The summed E-state index contributed by atoms with van der Waals surface area (Å²) < 4.78 is 9.29. The predicted octanol–water partition coefficient (Wildman–Crippen LogP) is 2.30. The van der Waals surface area contributed by atoms with Crippen molar-refractivity contribution in [3.63, 3.8) is 0 Å². The van der Waals surface area contributed by atoms with Crippen LogP contribution in [0.5, 0.6) is 5.75 Å². The minimum absolute atomic E-state index is 0.00352. The summed E-state index contributed by atoms with van der Waals surface area (Å²) in [4.78, 5) is 15.0. The number of aryl methyl sites for hydroxylation is 1. The Labute approximate surface area is 169 Å².